The second-order valence-corrected chi connectivity index (χ2v) is 5.94. The number of halogens is 1. The fourth-order valence-corrected chi connectivity index (χ4v) is 2.33. The molecule has 0 aliphatic heterocycles. The summed E-state index contributed by atoms with van der Waals surface area (Å²) in [5.41, 5.74) is 2.39. The summed E-state index contributed by atoms with van der Waals surface area (Å²) in [5, 5.41) is 6.54. The summed E-state index contributed by atoms with van der Waals surface area (Å²) < 4.78 is 10.8. The van der Waals surface area contributed by atoms with Crippen molar-refractivity contribution >= 4 is 35.6 Å². The van der Waals surface area contributed by atoms with Crippen molar-refractivity contribution in [3.63, 3.8) is 0 Å². The Morgan fingerprint density at radius 3 is 2.15 bits per heavy atom. The van der Waals surface area contributed by atoms with Crippen LogP contribution in [0.25, 0.3) is 0 Å². The van der Waals surface area contributed by atoms with Crippen LogP contribution in [0.4, 0.5) is 5.69 Å². The van der Waals surface area contributed by atoms with Gasteiger partial charge in [0.1, 0.15) is 18.1 Å². The zero-order valence-electron chi connectivity index (χ0n) is 16.4. The molecule has 6 nitrogen and oxygen atoms in total. The Morgan fingerprint density at radius 1 is 0.963 bits per heavy atom. The Balaban J connectivity index is 0.00000364. The third-order valence-corrected chi connectivity index (χ3v) is 3.86. The van der Waals surface area contributed by atoms with Crippen molar-refractivity contribution < 1.29 is 9.47 Å². The third-order valence-electron chi connectivity index (χ3n) is 3.86. The summed E-state index contributed by atoms with van der Waals surface area (Å²) in [6.07, 6.45) is 0. The van der Waals surface area contributed by atoms with Crippen molar-refractivity contribution in [1.82, 2.24) is 10.6 Å². The largest absolute Gasteiger partial charge is 0.497 e. The quantitative estimate of drug-likeness (QED) is 0.261. The molecule has 0 radical (unpaired) electrons. The Kier molecular flexibility index (Phi) is 10.4. The number of hydrogen-bond donors (Lipinski definition) is 2. The van der Waals surface area contributed by atoms with E-state index in [2.05, 4.69) is 44.8 Å². The van der Waals surface area contributed by atoms with E-state index in [1.807, 2.05) is 38.4 Å². The molecule has 27 heavy (non-hydrogen) atoms. The molecule has 0 unspecified atom stereocenters. The van der Waals surface area contributed by atoms with Gasteiger partial charge < -0.3 is 25.0 Å². The molecule has 0 aromatic heterocycles. The fraction of sp³-hybridized carbons (Fsp3) is 0.350. The van der Waals surface area contributed by atoms with Gasteiger partial charge in [-0.3, -0.25) is 4.99 Å². The fourth-order valence-electron chi connectivity index (χ4n) is 2.33. The molecular weight excluding hydrogens is 455 g/mol. The van der Waals surface area contributed by atoms with Crippen LogP contribution in [-0.4, -0.2) is 47.4 Å². The number of benzene rings is 2. The smallest absolute Gasteiger partial charge is 0.191 e. The molecule has 0 aliphatic carbocycles. The summed E-state index contributed by atoms with van der Waals surface area (Å²) in [4.78, 5) is 6.31. The van der Waals surface area contributed by atoms with E-state index in [4.69, 9.17) is 9.47 Å². The molecule has 2 aromatic carbocycles. The van der Waals surface area contributed by atoms with Crippen molar-refractivity contribution in [2.75, 3.05) is 46.3 Å². The van der Waals surface area contributed by atoms with Gasteiger partial charge in [0.15, 0.2) is 5.96 Å². The molecule has 0 heterocycles. The van der Waals surface area contributed by atoms with Gasteiger partial charge in [0.2, 0.25) is 0 Å². The summed E-state index contributed by atoms with van der Waals surface area (Å²) in [7, 11) is 7.48. The predicted octanol–water partition coefficient (Wildman–Crippen LogP) is 3.12. The zero-order chi connectivity index (χ0) is 18.8. The standard InChI is InChI=1S/C20H28N4O2.HI/c1-21-20(23-15-16-5-7-17(8-6-16)24(2)3)22-13-14-26-19-11-9-18(25-4)10-12-19;/h5-12H,13-15H2,1-4H3,(H2,21,22,23);1H. The first kappa shape index (κ1) is 22.9. The first-order valence-corrected chi connectivity index (χ1v) is 8.60. The predicted molar refractivity (Wildman–Crippen MR) is 123 cm³/mol. The van der Waals surface area contributed by atoms with Crippen LogP contribution in [0.5, 0.6) is 11.5 Å². The Hall–Kier alpha value is -2.16. The Bertz CT molecular complexity index is 688. The van der Waals surface area contributed by atoms with Crippen molar-refractivity contribution in [2.45, 2.75) is 6.54 Å². The molecule has 0 fully saturated rings. The van der Waals surface area contributed by atoms with Crippen LogP contribution in [0.2, 0.25) is 0 Å². The van der Waals surface area contributed by atoms with Gasteiger partial charge in [0.05, 0.1) is 13.7 Å². The topological polar surface area (TPSA) is 58.1 Å². The summed E-state index contributed by atoms with van der Waals surface area (Å²) in [6.45, 7) is 1.92. The lowest BCUT2D eigenvalue weighted by Crippen LogP contribution is -2.38. The first-order chi connectivity index (χ1) is 12.6. The highest BCUT2D eigenvalue weighted by Crippen LogP contribution is 2.16. The number of nitrogens with one attached hydrogen (secondary N) is 2. The second-order valence-electron chi connectivity index (χ2n) is 5.94. The number of aliphatic imine (C=N–C) groups is 1. The minimum absolute atomic E-state index is 0. The SMILES string of the molecule is CN=C(NCCOc1ccc(OC)cc1)NCc1ccc(N(C)C)cc1.I. The van der Waals surface area contributed by atoms with Gasteiger partial charge in [-0.15, -0.1) is 24.0 Å². The number of anilines is 1. The molecule has 0 aliphatic rings. The molecule has 0 spiro atoms. The Morgan fingerprint density at radius 2 is 1.59 bits per heavy atom. The summed E-state index contributed by atoms with van der Waals surface area (Å²) in [5.74, 6) is 2.38. The number of ether oxygens (including phenoxy) is 2. The molecule has 148 valence electrons. The zero-order valence-corrected chi connectivity index (χ0v) is 18.7. The highest BCUT2D eigenvalue weighted by molar-refractivity contribution is 14.0. The number of hydrogen-bond acceptors (Lipinski definition) is 4. The molecule has 2 rings (SSSR count). The number of nitrogens with zero attached hydrogens (tertiary/aromatic N) is 2. The van der Waals surface area contributed by atoms with E-state index < -0.39 is 0 Å². The van der Waals surface area contributed by atoms with Crippen LogP contribution < -0.4 is 25.0 Å². The summed E-state index contributed by atoms with van der Waals surface area (Å²) in [6, 6.07) is 16.0. The van der Waals surface area contributed by atoms with Crippen LogP contribution in [0.15, 0.2) is 53.5 Å². The van der Waals surface area contributed by atoms with Gasteiger partial charge in [-0.25, -0.2) is 0 Å². The van der Waals surface area contributed by atoms with Gasteiger partial charge in [0.25, 0.3) is 0 Å². The van der Waals surface area contributed by atoms with Crippen LogP contribution in [-0.2, 0) is 6.54 Å². The van der Waals surface area contributed by atoms with Gasteiger partial charge in [-0.1, -0.05) is 12.1 Å². The van der Waals surface area contributed by atoms with E-state index in [0.29, 0.717) is 19.7 Å². The molecule has 7 heteroatoms. The summed E-state index contributed by atoms with van der Waals surface area (Å²) >= 11 is 0. The second kappa shape index (κ2) is 12.3. The molecule has 0 atom stereocenters. The minimum atomic E-state index is 0. The molecular formula is C20H29IN4O2. The Labute approximate surface area is 179 Å². The van der Waals surface area contributed by atoms with E-state index in [1.165, 1.54) is 11.3 Å². The van der Waals surface area contributed by atoms with E-state index in [-0.39, 0.29) is 24.0 Å². The van der Waals surface area contributed by atoms with Crippen molar-refractivity contribution in [1.29, 1.82) is 0 Å². The van der Waals surface area contributed by atoms with Gasteiger partial charge in [-0.2, -0.15) is 0 Å². The van der Waals surface area contributed by atoms with Crippen molar-refractivity contribution in [2.24, 2.45) is 4.99 Å². The molecule has 0 saturated heterocycles. The molecule has 0 bridgehead atoms. The van der Waals surface area contributed by atoms with Crippen LogP contribution in [0.3, 0.4) is 0 Å². The maximum Gasteiger partial charge on any atom is 0.191 e. The monoisotopic (exact) mass is 484 g/mol. The van der Waals surface area contributed by atoms with Crippen LogP contribution >= 0.6 is 24.0 Å². The van der Waals surface area contributed by atoms with Crippen LogP contribution in [0, 0.1) is 0 Å². The van der Waals surface area contributed by atoms with Crippen molar-refractivity contribution in [3.8, 4) is 11.5 Å². The lowest BCUT2D eigenvalue weighted by molar-refractivity contribution is 0.321. The lowest BCUT2D eigenvalue weighted by Gasteiger charge is -2.14. The third kappa shape index (κ3) is 7.94. The first-order valence-electron chi connectivity index (χ1n) is 8.60. The van der Waals surface area contributed by atoms with Crippen molar-refractivity contribution in [3.05, 3.63) is 54.1 Å². The average molecular weight is 484 g/mol. The number of rotatable bonds is 8. The lowest BCUT2D eigenvalue weighted by atomic mass is 10.2. The number of guanidine groups is 1. The maximum absolute atomic E-state index is 5.69. The average Bonchev–Trinajstić information content (AvgIpc) is 2.68. The normalized spacial score (nSPS) is 10.6. The van der Waals surface area contributed by atoms with Crippen LogP contribution in [0.1, 0.15) is 5.56 Å². The highest BCUT2D eigenvalue weighted by Gasteiger charge is 2.00. The number of methoxy groups -OCH3 is 1. The molecule has 0 saturated carbocycles. The van der Waals surface area contributed by atoms with E-state index in [0.717, 1.165) is 17.5 Å². The highest BCUT2D eigenvalue weighted by atomic mass is 127. The molecule has 2 aromatic rings. The van der Waals surface area contributed by atoms with Gasteiger partial charge >= 0.3 is 0 Å². The maximum atomic E-state index is 5.69. The minimum Gasteiger partial charge on any atom is -0.497 e. The van der Waals surface area contributed by atoms with E-state index in [9.17, 15) is 0 Å². The van der Waals surface area contributed by atoms with E-state index >= 15 is 0 Å². The van der Waals surface area contributed by atoms with Gasteiger partial charge in [-0.05, 0) is 42.0 Å². The molecule has 0 amide bonds. The van der Waals surface area contributed by atoms with E-state index in [1.54, 1.807) is 14.2 Å². The molecule has 2 N–H and O–H groups in total. The van der Waals surface area contributed by atoms with Gasteiger partial charge in [0, 0.05) is 33.4 Å².